The van der Waals surface area contributed by atoms with Gasteiger partial charge < -0.3 is 0 Å². The van der Waals surface area contributed by atoms with Crippen LogP contribution < -0.4 is 0 Å². The summed E-state index contributed by atoms with van der Waals surface area (Å²) in [4.78, 5) is 0. The average molecular weight is 143 g/mol. The lowest BCUT2D eigenvalue weighted by molar-refractivity contribution is 0.00838. The van der Waals surface area contributed by atoms with E-state index < -0.39 is 11.8 Å². The summed E-state index contributed by atoms with van der Waals surface area (Å²) in [5.41, 5.74) is -0.640. The van der Waals surface area contributed by atoms with E-state index in [9.17, 15) is 8.78 Å². The van der Waals surface area contributed by atoms with Crippen molar-refractivity contribution in [3.8, 4) is 6.07 Å². The number of hydrogen-bond acceptors (Lipinski definition) is 1. The van der Waals surface area contributed by atoms with Crippen LogP contribution in [0.15, 0.2) is 12.2 Å². The van der Waals surface area contributed by atoms with Gasteiger partial charge in [0.05, 0.1) is 6.07 Å². The number of rotatable bonds is 1. The van der Waals surface area contributed by atoms with E-state index in [0.717, 1.165) is 5.57 Å². The minimum atomic E-state index is -2.53. The van der Waals surface area contributed by atoms with E-state index in [1.165, 1.54) is 0 Å². The third-order valence-electron chi connectivity index (χ3n) is 1.77. The Balaban J connectivity index is 2.68. The van der Waals surface area contributed by atoms with E-state index in [2.05, 4.69) is 6.58 Å². The highest BCUT2D eigenvalue weighted by Crippen LogP contribution is 2.48. The van der Waals surface area contributed by atoms with Crippen LogP contribution in [0.25, 0.3) is 0 Å². The molecular weight excluding hydrogens is 136 g/mol. The molecule has 1 saturated carbocycles. The highest BCUT2D eigenvalue weighted by Gasteiger charge is 2.48. The van der Waals surface area contributed by atoms with Crippen LogP contribution in [0.5, 0.6) is 0 Å². The summed E-state index contributed by atoms with van der Waals surface area (Å²) in [6.45, 7) is 3.50. The molecule has 0 aromatic heterocycles. The molecule has 0 amide bonds. The maximum atomic E-state index is 12.0. The number of nitrogens with zero attached hydrogens (tertiary/aromatic N) is 1. The van der Waals surface area contributed by atoms with Gasteiger partial charge in [-0.15, -0.1) is 0 Å². The predicted octanol–water partition coefficient (Wildman–Crippen LogP) is 2.11. The first-order valence-corrected chi connectivity index (χ1v) is 2.97. The van der Waals surface area contributed by atoms with Gasteiger partial charge in [-0.2, -0.15) is 5.26 Å². The SMILES string of the molecule is C=C1CC(C#N)(C(F)F)C1. The van der Waals surface area contributed by atoms with E-state index in [1.54, 1.807) is 6.07 Å². The molecule has 0 aromatic rings. The van der Waals surface area contributed by atoms with Gasteiger partial charge in [0.1, 0.15) is 5.41 Å². The van der Waals surface area contributed by atoms with Gasteiger partial charge in [0.2, 0.25) is 0 Å². The van der Waals surface area contributed by atoms with Crippen molar-refractivity contribution in [2.45, 2.75) is 19.3 Å². The molecule has 3 heteroatoms. The third kappa shape index (κ3) is 0.804. The van der Waals surface area contributed by atoms with Crippen molar-refractivity contribution in [1.29, 1.82) is 5.26 Å². The zero-order valence-corrected chi connectivity index (χ0v) is 5.40. The molecule has 0 bridgehead atoms. The average Bonchev–Trinajstić information content (AvgIpc) is 1.79. The van der Waals surface area contributed by atoms with Crippen molar-refractivity contribution in [2.75, 3.05) is 0 Å². The second kappa shape index (κ2) is 2.05. The molecule has 1 aliphatic rings. The van der Waals surface area contributed by atoms with Crippen LogP contribution in [0.3, 0.4) is 0 Å². The zero-order valence-electron chi connectivity index (χ0n) is 5.40. The van der Waals surface area contributed by atoms with E-state index >= 15 is 0 Å². The van der Waals surface area contributed by atoms with Crippen LogP contribution in [0.1, 0.15) is 12.8 Å². The van der Waals surface area contributed by atoms with Gasteiger partial charge in [0.15, 0.2) is 0 Å². The van der Waals surface area contributed by atoms with Gasteiger partial charge in [-0.3, -0.25) is 0 Å². The van der Waals surface area contributed by atoms with Crippen molar-refractivity contribution >= 4 is 0 Å². The molecule has 10 heavy (non-hydrogen) atoms. The quantitative estimate of drug-likeness (QED) is 0.516. The highest BCUT2D eigenvalue weighted by molar-refractivity contribution is 5.24. The second-order valence-corrected chi connectivity index (χ2v) is 2.67. The number of hydrogen-bond donors (Lipinski definition) is 0. The molecule has 0 N–H and O–H groups in total. The number of halogens is 2. The summed E-state index contributed by atoms with van der Waals surface area (Å²) in [5, 5.41) is 8.35. The van der Waals surface area contributed by atoms with Gasteiger partial charge in [-0.25, -0.2) is 8.78 Å². The molecule has 0 saturated heterocycles. The van der Waals surface area contributed by atoms with E-state index in [-0.39, 0.29) is 12.8 Å². The maximum absolute atomic E-state index is 12.0. The van der Waals surface area contributed by atoms with Crippen molar-refractivity contribution in [1.82, 2.24) is 0 Å². The van der Waals surface area contributed by atoms with Gasteiger partial charge >= 0.3 is 0 Å². The van der Waals surface area contributed by atoms with E-state index in [0.29, 0.717) is 0 Å². The first-order chi connectivity index (χ1) is 4.60. The first kappa shape index (κ1) is 7.20. The van der Waals surface area contributed by atoms with Gasteiger partial charge in [0.25, 0.3) is 6.43 Å². The Hall–Kier alpha value is -0.910. The third-order valence-corrected chi connectivity index (χ3v) is 1.77. The standard InChI is InChI=1S/C7H7F2N/c1-5-2-7(3-5,4-10)6(8)9/h6H,1-3H2. The Bertz CT molecular complexity index is 194. The summed E-state index contributed by atoms with van der Waals surface area (Å²) >= 11 is 0. The summed E-state index contributed by atoms with van der Waals surface area (Å²) in [7, 11) is 0. The molecule has 54 valence electrons. The molecule has 0 radical (unpaired) electrons. The second-order valence-electron chi connectivity index (χ2n) is 2.67. The fraction of sp³-hybridized carbons (Fsp3) is 0.571. The van der Waals surface area contributed by atoms with Crippen molar-refractivity contribution in [3.05, 3.63) is 12.2 Å². The van der Waals surface area contributed by atoms with Crippen LogP contribution in [-0.4, -0.2) is 6.43 Å². The van der Waals surface area contributed by atoms with Crippen molar-refractivity contribution in [2.24, 2.45) is 5.41 Å². The number of alkyl halides is 2. The molecule has 1 aliphatic carbocycles. The lowest BCUT2D eigenvalue weighted by Gasteiger charge is -2.36. The molecule has 1 fully saturated rings. The fourth-order valence-electron chi connectivity index (χ4n) is 1.12. The monoisotopic (exact) mass is 143 g/mol. The molecule has 0 aliphatic heterocycles. The molecule has 0 heterocycles. The van der Waals surface area contributed by atoms with E-state index in [1.807, 2.05) is 0 Å². The summed E-state index contributed by atoms with van der Waals surface area (Å²) in [6, 6.07) is 1.63. The summed E-state index contributed by atoms with van der Waals surface area (Å²) < 4.78 is 24.1. The van der Waals surface area contributed by atoms with Crippen LogP contribution in [0.2, 0.25) is 0 Å². The van der Waals surface area contributed by atoms with Crippen LogP contribution in [0, 0.1) is 16.7 Å². The topological polar surface area (TPSA) is 23.8 Å². The Morgan fingerprint density at radius 2 is 2.10 bits per heavy atom. The maximum Gasteiger partial charge on any atom is 0.257 e. The minimum absolute atomic E-state index is 0.168. The van der Waals surface area contributed by atoms with Gasteiger partial charge in [-0.05, 0) is 12.8 Å². The first-order valence-electron chi connectivity index (χ1n) is 2.97. The van der Waals surface area contributed by atoms with Crippen LogP contribution >= 0.6 is 0 Å². The summed E-state index contributed by atoms with van der Waals surface area (Å²) in [5.74, 6) is 0. The van der Waals surface area contributed by atoms with Crippen LogP contribution in [0.4, 0.5) is 8.78 Å². The van der Waals surface area contributed by atoms with Gasteiger partial charge in [0, 0.05) is 0 Å². The van der Waals surface area contributed by atoms with E-state index in [4.69, 9.17) is 5.26 Å². The Labute approximate surface area is 58.0 Å². The molecule has 0 atom stereocenters. The number of allylic oxidation sites excluding steroid dienone is 1. The lowest BCUT2D eigenvalue weighted by atomic mass is 9.67. The molecule has 0 spiro atoms. The lowest BCUT2D eigenvalue weighted by Crippen LogP contribution is -2.36. The molecular formula is C7H7F2N. The van der Waals surface area contributed by atoms with Crippen molar-refractivity contribution in [3.63, 3.8) is 0 Å². The summed E-state index contributed by atoms with van der Waals surface area (Å²) in [6.07, 6.45) is -2.19. The predicted molar refractivity (Wildman–Crippen MR) is 32.4 cm³/mol. The molecule has 1 rings (SSSR count). The normalized spacial score (nSPS) is 22.0. The largest absolute Gasteiger partial charge is 0.257 e. The van der Waals surface area contributed by atoms with Gasteiger partial charge in [-0.1, -0.05) is 12.2 Å². The van der Waals surface area contributed by atoms with Crippen LogP contribution in [-0.2, 0) is 0 Å². The zero-order chi connectivity index (χ0) is 7.78. The number of nitriles is 1. The highest BCUT2D eigenvalue weighted by atomic mass is 19.3. The Kier molecular flexibility index (Phi) is 1.47. The smallest absolute Gasteiger partial charge is 0.209 e. The van der Waals surface area contributed by atoms with Crippen molar-refractivity contribution < 1.29 is 8.78 Å². The molecule has 1 nitrogen and oxygen atoms in total. The molecule has 0 unspecified atom stereocenters. The minimum Gasteiger partial charge on any atom is -0.209 e. The Morgan fingerprint density at radius 3 is 2.20 bits per heavy atom. The molecule has 0 aromatic carbocycles. The Morgan fingerprint density at radius 1 is 1.60 bits per heavy atom. The fourth-order valence-corrected chi connectivity index (χ4v) is 1.12.